The lowest BCUT2D eigenvalue weighted by molar-refractivity contribution is -0.136. The van der Waals surface area contributed by atoms with E-state index in [0.717, 1.165) is 0 Å². The third-order valence-electron chi connectivity index (χ3n) is 3.96. The molecule has 3 rings (SSSR count). The van der Waals surface area contributed by atoms with Gasteiger partial charge in [-0.3, -0.25) is 4.79 Å². The molecule has 0 spiro atoms. The fourth-order valence-corrected chi connectivity index (χ4v) is 2.80. The van der Waals surface area contributed by atoms with Gasteiger partial charge in [0.25, 0.3) is 5.91 Å². The van der Waals surface area contributed by atoms with Gasteiger partial charge in [0.1, 0.15) is 11.6 Å². The molecule has 2 N–H and O–H groups in total. The highest BCUT2D eigenvalue weighted by atomic mass is 35.5. The molecule has 9 nitrogen and oxygen atoms in total. The van der Waals surface area contributed by atoms with Gasteiger partial charge >= 0.3 is 5.97 Å². The SMILES string of the molecule is COC(=O)C1=C(Nc2ccccc2-c2noc(CCl)n2)C(=O)N(CCO)C1. The van der Waals surface area contributed by atoms with Crippen LogP contribution in [0, 0.1) is 0 Å². The van der Waals surface area contributed by atoms with Crippen LogP contribution in [-0.4, -0.2) is 58.8 Å². The maximum absolute atomic E-state index is 12.6. The number of rotatable bonds is 7. The molecule has 1 aliphatic heterocycles. The van der Waals surface area contributed by atoms with Crippen molar-refractivity contribution in [1.29, 1.82) is 0 Å². The Morgan fingerprint density at radius 1 is 1.44 bits per heavy atom. The zero-order valence-electron chi connectivity index (χ0n) is 14.4. The van der Waals surface area contributed by atoms with Crippen molar-refractivity contribution in [3.05, 3.63) is 41.4 Å². The summed E-state index contributed by atoms with van der Waals surface area (Å²) in [7, 11) is 1.24. The number of hydrogen-bond acceptors (Lipinski definition) is 8. The summed E-state index contributed by atoms with van der Waals surface area (Å²) in [5, 5.41) is 16.0. The van der Waals surface area contributed by atoms with Crippen LogP contribution < -0.4 is 5.32 Å². The van der Waals surface area contributed by atoms with Crippen LogP contribution in [0.1, 0.15) is 5.89 Å². The van der Waals surface area contributed by atoms with Crippen molar-refractivity contribution in [2.24, 2.45) is 0 Å². The van der Waals surface area contributed by atoms with E-state index in [4.69, 9.17) is 26.0 Å². The molecule has 1 aromatic heterocycles. The van der Waals surface area contributed by atoms with Gasteiger partial charge in [0.15, 0.2) is 0 Å². The Balaban J connectivity index is 1.97. The van der Waals surface area contributed by atoms with Gasteiger partial charge in [-0.05, 0) is 12.1 Å². The molecule has 0 aliphatic carbocycles. The molecule has 0 saturated heterocycles. The highest BCUT2D eigenvalue weighted by Gasteiger charge is 2.34. The summed E-state index contributed by atoms with van der Waals surface area (Å²) in [4.78, 5) is 30.3. The zero-order chi connectivity index (χ0) is 19.4. The summed E-state index contributed by atoms with van der Waals surface area (Å²) in [6.07, 6.45) is 0. The van der Waals surface area contributed by atoms with E-state index >= 15 is 0 Å². The second-order valence-electron chi connectivity index (χ2n) is 5.61. The first-order valence-electron chi connectivity index (χ1n) is 8.05. The monoisotopic (exact) mass is 392 g/mol. The fraction of sp³-hybridized carbons (Fsp3) is 0.294. The second-order valence-corrected chi connectivity index (χ2v) is 5.88. The van der Waals surface area contributed by atoms with Crippen LogP contribution in [0.4, 0.5) is 5.69 Å². The van der Waals surface area contributed by atoms with Gasteiger partial charge in [0.2, 0.25) is 11.7 Å². The number of carbonyl (C=O) groups excluding carboxylic acids is 2. The Morgan fingerprint density at radius 3 is 2.89 bits per heavy atom. The average Bonchev–Trinajstić information content (AvgIpc) is 3.28. The van der Waals surface area contributed by atoms with Crippen molar-refractivity contribution in [2.45, 2.75) is 5.88 Å². The molecule has 1 aromatic carbocycles. The van der Waals surface area contributed by atoms with Crippen LogP contribution in [0.15, 0.2) is 40.1 Å². The van der Waals surface area contributed by atoms with Crippen molar-refractivity contribution >= 4 is 29.2 Å². The molecule has 0 unspecified atom stereocenters. The number of β-amino-alcohol motifs (C(OH)–C–C–N with tert-alkyl or cyclic N) is 1. The molecule has 0 bridgehead atoms. The lowest BCUT2D eigenvalue weighted by atomic mass is 10.1. The molecule has 10 heteroatoms. The van der Waals surface area contributed by atoms with Crippen LogP contribution in [-0.2, 0) is 20.2 Å². The number of hydrogen-bond donors (Lipinski definition) is 2. The van der Waals surface area contributed by atoms with Gasteiger partial charge in [0.05, 0.1) is 25.8 Å². The van der Waals surface area contributed by atoms with Crippen molar-refractivity contribution < 1.29 is 24.0 Å². The number of anilines is 1. The van der Waals surface area contributed by atoms with Crippen molar-refractivity contribution in [2.75, 3.05) is 32.1 Å². The van der Waals surface area contributed by atoms with E-state index in [1.54, 1.807) is 24.3 Å². The topological polar surface area (TPSA) is 118 Å². The molecular weight excluding hydrogens is 376 g/mol. The van der Waals surface area contributed by atoms with Gasteiger partial charge < -0.3 is 24.6 Å². The quantitative estimate of drug-likeness (QED) is 0.532. The summed E-state index contributed by atoms with van der Waals surface area (Å²) in [5.41, 5.74) is 1.35. The number of ether oxygens (including phenoxy) is 1. The number of aliphatic hydroxyl groups excluding tert-OH is 1. The van der Waals surface area contributed by atoms with E-state index in [1.807, 2.05) is 0 Å². The molecule has 0 saturated carbocycles. The summed E-state index contributed by atoms with van der Waals surface area (Å²) in [6, 6.07) is 7.00. The number of esters is 1. The van der Waals surface area contributed by atoms with Crippen LogP contribution in [0.5, 0.6) is 0 Å². The van der Waals surface area contributed by atoms with Crippen molar-refractivity contribution in [3.8, 4) is 11.4 Å². The lowest BCUT2D eigenvalue weighted by Crippen LogP contribution is -2.31. The normalized spacial score (nSPS) is 14.0. The molecule has 27 heavy (non-hydrogen) atoms. The van der Waals surface area contributed by atoms with Crippen molar-refractivity contribution in [3.63, 3.8) is 0 Å². The molecule has 2 aromatic rings. The fourth-order valence-electron chi connectivity index (χ4n) is 2.69. The second kappa shape index (κ2) is 8.19. The Kier molecular flexibility index (Phi) is 5.72. The van der Waals surface area contributed by atoms with Crippen molar-refractivity contribution in [1.82, 2.24) is 15.0 Å². The van der Waals surface area contributed by atoms with Crippen LogP contribution in [0.2, 0.25) is 0 Å². The minimum Gasteiger partial charge on any atom is -0.466 e. The maximum atomic E-state index is 12.6. The van der Waals surface area contributed by atoms with Gasteiger partial charge in [-0.1, -0.05) is 17.3 Å². The Bertz CT molecular complexity index is 895. The number of alkyl halides is 1. The number of amides is 1. The number of carbonyl (C=O) groups is 2. The summed E-state index contributed by atoms with van der Waals surface area (Å²) in [5.74, 6) is -0.385. The number of nitrogens with one attached hydrogen (secondary N) is 1. The van der Waals surface area contributed by atoms with E-state index in [2.05, 4.69) is 15.5 Å². The highest BCUT2D eigenvalue weighted by molar-refractivity contribution is 6.16. The lowest BCUT2D eigenvalue weighted by Gasteiger charge is -2.15. The standard InChI is InChI=1S/C17H17ClN4O5/c1-26-17(25)11-9-22(6-7-23)16(24)14(11)19-12-5-3-2-4-10(12)15-20-13(8-18)27-21-15/h2-5,19,23H,6-9H2,1H3. The number of benzene rings is 1. The number of methoxy groups -OCH3 is 1. The summed E-state index contributed by atoms with van der Waals surface area (Å²) in [6.45, 7) is -0.0562. The van der Waals surface area contributed by atoms with Crippen LogP contribution in [0.3, 0.4) is 0 Å². The molecule has 1 amide bonds. The minimum absolute atomic E-state index is 0.0508. The minimum atomic E-state index is -0.618. The Hall–Kier alpha value is -2.91. The van der Waals surface area contributed by atoms with Crippen LogP contribution in [0.25, 0.3) is 11.4 Å². The number of nitrogens with zero attached hydrogens (tertiary/aromatic N) is 3. The first kappa shape index (κ1) is 18.9. The van der Waals surface area contributed by atoms with E-state index in [-0.39, 0.29) is 42.7 Å². The van der Waals surface area contributed by atoms with Crippen LogP contribution >= 0.6 is 11.6 Å². The predicted molar refractivity (Wildman–Crippen MR) is 95.6 cm³/mol. The average molecular weight is 393 g/mol. The first-order chi connectivity index (χ1) is 13.1. The van der Waals surface area contributed by atoms with Gasteiger partial charge in [0, 0.05) is 17.8 Å². The number of aliphatic hydroxyl groups is 1. The third kappa shape index (κ3) is 3.79. The number of halogens is 1. The number of para-hydroxylation sites is 1. The predicted octanol–water partition coefficient (Wildman–Crippen LogP) is 1.15. The number of aromatic nitrogens is 2. The maximum Gasteiger partial charge on any atom is 0.337 e. The van der Waals surface area contributed by atoms with E-state index < -0.39 is 11.9 Å². The molecule has 2 heterocycles. The zero-order valence-corrected chi connectivity index (χ0v) is 15.2. The van der Waals surface area contributed by atoms with E-state index in [9.17, 15) is 9.59 Å². The third-order valence-corrected chi connectivity index (χ3v) is 4.19. The van der Waals surface area contributed by atoms with Gasteiger partial charge in [-0.15, -0.1) is 11.6 Å². The molecule has 142 valence electrons. The van der Waals surface area contributed by atoms with E-state index in [1.165, 1.54) is 12.0 Å². The molecule has 0 radical (unpaired) electrons. The largest absolute Gasteiger partial charge is 0.466 e. The molecule has 0 fully saturated rings. The van der Waals surface area contributed by atoms with E-state index in [0.29, 0.717) is 17.1 Å². The Labute approximate surface area is 159 Å². The molecule has 1 aliphatic rings. The Morgan fingerprint density at radius 2 is 2.22 bits per heavy atom. The summed E-state index contributed by atoms with van der Waals surface area (Å²) < 4.78 is 9.81. The smallest absolute Gasteiger partial charge is 0.337 e. The first-order valence-corrected chi connectivity index (χ1v) is 8.59. The van der Waals surface area contributed by atoms with Gasteiger partial charge in [-0.2, -0.15) is 4.98 Å². The van der Waals surface area contributed by atoms with Gasteiger partial charge in [-0.25, -0.2) is 4.79 Å². The molecule has 0 atom stereocenters. The molecular formula is C17H17ClN4O5. The summed E-state index contributed by atoms with van der Waals surface area (Å²) >= 11 is 5.70. The highest BCUT2D eigenvalue weighted by Crippen LogP contribution is 2.29.